The van der Waals surface area contributed by atoms with Crippen molar-refractivity contribution in [2.24, 2.45) is 5.41 Å². The topological polar surface area (TPSA) is 75.3 Å². The smallest absolute Gasteiger partial charge is 0.239 e. The molecule has 5 nitrogen and oxygen atoms in total. The Morgan fingerprint density at radius 3 is 2.05 bits per heavy atom. The Hall–Kier alpha value is -2.17. The van der Waals surface area contributed by atoms with Crippen LogP contribution in [-0.2, 0) is 9.59 Å². The number of rotatable bonds is 4. The lowest BCUT2D eigenvalue weighted by atomic mass is 9.89. The highest BCUT2D eigenvalue weighted by molar-refractivity contribution is 6.10. The first-order valence-electron chi connectivity index (χ1n) is 7.18. The highest BCUT2D eigenvalue weighted by Gasteiger charge is 2.37. The van der Waals surface area contributed by atoms with Crippen LogP contribution in [0.1, 0.15) is 51.9 Å². The molecular formula is C17H24N2O3. The third-order valence-corrected chi connectivity index (χ3v) is 3.15. The number of Topliss-reactive ketones (excluding diaryl/α,β-unsaturated/α-hetero) is 1. The maximum absolute atomic E-state index is 12.4. The van der Waals surface area contributed by atoms with Gasteiger partial charge in [0.1, 0.15) is 5.41 Å². The Labute approximate surface area is 131 Å². The quantitative estimate of drug-likeness (QED) is 0.663. The molecule has 0 saturated heterocycles. The number of nitrogens with one attached hydrogen (secondary N) is 2. The molecule has 0 heterocycles. The third kappa shape index (κ3) is 4.69. The van der Waals surface area contributed by atoms with Crippen LogP contribution >= 0.6 is 0 Å². The molecule has 2 N–H and O–H groups in total. The van der Waals surface area contributed by atoms with E-state index in [9.17, 15) is 14.4 Å². The Kier molecular flexibility index (Phi) is 5.12. The van der Waals surface area contributed by atoms with E-state index in [4.69, 9.17) is 0 Å². The van der Waals surface area contributed by atoms with Gasteiger partial charge in [-0.3, -0.25) is 14.4 Å². The molecule has 0 atom stereocenters. The minimum absolute atomic E-state index is 0.0826. The molecule has 5 heteroatoms. The van der Waals surface area contributed by atoms with Crippen molar-refractivity contribution in [1.82, 2.24) is 5.32 Å². The molecular weight excluding hydrogens is 280 g/mol. The number of benzene rings is 1. The van der Waals surface area contributed by atoms with Crippen molar-refractivity contribution in [3.05, 3.63) is 29.8 Å². The average Bonchev–Trinajstić information content (AvgIpc) is 2.36. The summed E-state index contributed by atoms with van der Waals surface area (Å²) in [6.07, 6.45) is 0. The van der Waals surface area contributed by atoms with Gasteiger partial charge in [-0.25, -0.2) is 0 Å². The summed E-state index contributed by atoms with van der Waals surface area (Å²) >= 11 is 0. The monoisotopic (exact) mass is 304 g/mol. The van der Waals surface area contributed by atoms with Gasteiger partial charge in [-0.1, -0.05) is 12.1 Å². The number of hydrogen-bond acceptors (Lipinski definition) is 3. The first kappa shape index (κ1) is 17.9. The van der Waals surface area contributed by atoms with Gasteiger partial charge in [0.25, 0.3) is 0 Å². The lowest BCUT2D eigenvalue weighted by Gasteiger charge is -2.28. The van der Waals surface area contributed by atoms with Gasteiger partial charge in [0.15, 0.2) is 5.78 Å². The highest BCUT2D eigenvalue weighted by atomic mass is 16.2. The number of anilines is 1. The predicted molar refractivity (Wildman–Crippen MR) is 86.8 cm³/mol. The zero-order valence-electron chi connectivity index (χ0n) is 14.0. The van der Waals surface area contributed by atoms with Crippen molar-refractivity contribution in [2.45, 2.75) is 47.1 Å². The maximum atomic E-state index is 12.4. The first-order valence-corrected chi connectivity index (χ1v) is 7.18. The van der Waals surface area contributed by atoms with E-state index in [1.807, 2.05) is 20.8 Å². The van der Waals surface area contributed by atoms with Crippen LogP contribution in [0.2, 0.25) is 0 Å². The molecule has 1 rings (SSSR count). The lowest BCUT2D eigenvalue weighted by molar-refractivity contribution is -0.139. The largest absolute Gasteiger partial charge is 0.351 e. The van der Waals surface area contributed by atoms with Crippen molar-refractivity contribution >= 4 is 23.3 Å². The van der Waals surface area contributed by atoms with Crippen molar-refractivity contribution in [1.29, 1.82) is 0 Å². The summed E-state index contributed by atoms with van der Waals surface area (Å²) in [6, 6.07) is 6.64. The number of carbonyl (C=O) groups excluding carboxylic acids is 3. The zero-order chi connectivity index (χ0) is 17.1. The van der Waals surface area contributed by atoms with E-state index in [-0.39, 0.29) is 11.7 Å². The fourth-order valence-electron chi connectivity index (χ4n) is 1.70. The Balaban J connectivity index is 2.89. The molecule has 0 bridgehead atoms. The predicted octanol–water partition coefficient (Wildman–Crippen LogP) is 2.77. The Morgan fingerprint density at radius 1 is 0.955 bits per heavy atom. The standard InChI is InChI=1S/C17H24N2O3/c1-11(20)12-8-7-9-13(10-12)18-14(21)17(5,6)15(22)19-16(2,3)4/h7-10H,1-6H3,(H,18,21)(H,19,22). The third-order valence-electron chi connectivity index (χ3n) is 3.15. The molecule has 0 aromatic heterocycles. The molecule has 120 valence electrons. The van der Waals surface area contributed by atoms with Crippen LogP contribution in [0, 0.1) is 5.41 Å². The Morgan fingerprint density at radius 2 is 1.55 bits per heavy atom. The summed E-state index contributed by atoms with van der Waals surface area (Å²) in [6.45, 7) is 10.2. The van der Waals surface area contributed by atoms with Gasteiger partial charge in [0.05, 0.1) is 0 Å². The van der Waals surface area contributed by atoms with Crippen molar-refractivity contribution in [3.63, 3.8) is 0 Å². The summed E-state index contributed by atoms with van der Waals surface area (Å²) in [5.41, 5.74) is -0.632. The number of ketones is 1. The van der Waals surface area contributed by atoms with E-state index in [2.05, 4.69) is 10.6 Å². The molecule has 0 fully saturated rings. The first-order chi connectivity index (χ1) is 9.93. The second-order valence-electron chi connectivity index (χ2n) is 6.92. The van der Waals surface area contributed by atoms with Crippen LogP contribution < -0.4 is 10.6 Å². The minimum atomic E-state index is -1.22. The highest BCUT2D eigenvalue weighted by Crippen LogP contribution is 2.21. The van der Waals surface area contributed by atoms with Crippen molar-refractivity contribution in [3.8, 4) is 0 Å². The van der Waals surface area contributed by atoms with Gasteiger partial charge < -0.3 is 10.6 Å². The minimum Gasteiger partial charge on any atom is -0.351 e. The summed E-state index contributed by atoms with van der Waals surface area (Å²) in [7, 11) is 0. The van der Waals surface area contributed by atoms with Crippen LogP contribution in [0.3, 0.4) is 0 Å². The van der Waals surface area contributed by atoms with Crippen molar-refractivity contribution in [2.75, 3.05) is 5.32 Å². The molecule has 0 spiro atoms. The second-order valence-corrected chi connectivity index (χ2v) is 6.92. The fraction of sp³-hybridized carbons (Fsp3) is 0.471. The van der Waals surface area contributed by atoms with E-state index in [1.165, 1.54) is 6.92 Å². The maximum Gasteiger partial charge on any atom is 0.239 e. The molecule has 2 amide bonds. The van der Waals surface area contributed by atoms with Gasteiger partial charge in [-0.15, -0.1) is 0 Å². The average molecular weight is 304 g/mol. The van der Waals surface area contributed by atoms with E-state index < -0.39 is 16.9 Å². The van der Waals surface area contributed by atoms with Crippen LogP contribution in [0.15, 0.2) is 24.3 Å². The van der Waals surface area contributed by atoms with Crippen LogP contribution in [0.25, 0.3) is 0 Å². The summed E-state index contributed by atoms with van der Waals surface area (Å²) < 4.78 is 0. The number of carbonyl (C=O) groups is 3. The molecule has 0 aliphatic carbocycles. The molecule has 22 heavy (non-hydrogen) atoms. The van der Waals surface area contributed by atoms with Gasteiger partial charge in [0.2, 0.25) is 11.8 Å². The van der Waals surface area contributed by atoms with Crippen LogP contribution in [0.5, 0.6) is 0 Å². The van der Waals surface area contributed by atoms with Gasteiger partial charge in [-0.2, -0.15) is 0 Å². The number of hydrogen-bond donors (Lipinski definition) is 2. The molecule has 0 radical (unpaired) electrons. The molecule has 1 aromatic rings. The SMILES string of the molecule is CC(=O)c1cccc(NC(=O)C(C)(C)C(=O)NC(C)(C)C)c1. The van der Waals surface area contributed by atoms with Crippen LogP contribution in [-0.4, -0.2) is 23.1 Å². The van der Waals surface area contributed by atoms with Gasteiger partial charge in [-0.05, 0) is 53.7 Å². The number of amides is 2. The van der Waals surface area contributed by atoms with E-state index >= 15 is 0 Å². The molecule has 1 aromatic carbocycles. The lowest BCUT2D eigenvalue weighted by Crippen LogP contribution is -2.51. The van der Waals surface area contributed by atoms with Crippen molar-refractivity contribution < 1.29 is 14.4 Å². The summed E-state index contributed by atoms with van der Waals surface area (Å²) in [4.78, 5) is 36.0. The fourth-order valence-corrected chi connectivity index (χ4v) is 1.70. The van der Waals surface area contributed by atoms with E-state index in [0.29, 0.717) is 11.3 Å². The molecule has 0 aliphatic rings. The van der Waals surface area contributed by atoms with Gasteiger partial charge >= 0.3 is 0 Å². The van der Waals surface area contributed by atoms with Gasteiger partial charge in [0, 0.05) is 16.8 Å². The van der Waals surface area contributed by atoms with E-state index in [1.54, 1.807) is 38.1 Å². The molecule has 0 saturated carbocycles. The summed E-state index contributed by atoms with van der Waals surface area (Å²) in [5, 5.41) is 5.49. The molecule has 0 unspecified atom stereocenters. The Bertz CT molecular complexity index is 598. The van der Waals surface area contributed by atoms with Crippen LogP contribution in [0.4, 0.5) is 5.69 Å². The summed E-state index contributed by atoms with van der Waals surface area (Å²) in [5.74, 6) is -0.851. The zero-order valence-corrected chi connectivity index (χ0v) is 14.0. The van der Waals surface area contributed by atoms with E-state index in [0.717, 1.165) is 0 Å². The normalized spacial score (nSPS) is 11.7. The second kappa shape index (κ2) is 6.30. The molecule has 0 aliphatic heterocycles.